The Bertz CT molecular complexity index is 788. The molecular formula is C36H65NO7. The van der Waals surface area contributed by atoms with E-state index in [0.29, 0.717) is 19.3 Å². The summed E-state index contributed by atoms with van der Waals surface area (Å²) in [5, 5.41) is 11.5. The SMILES string of the molecule is CCCC/C=C/CCCCCCCC(=O)OC(COCCC(C(=O)[O-])[N+](C)(C)C)COC(=O)CCC/C=C/CCCCCC. The third kappa shape index (κ3) is 26.2. The monoisotopic (exact) mass is 623 g/mol. The molecule has 2 unspecified atom stereocenters. The molecule has 256 valence electrons. The van der Waals surface area contributed by atoms with Crippen molar-refractivity contribution in [3.05, 3.63) is 24.3 Å². The number of likely N-dealkylation sites (N-methyl/N-ethyl adjacent to an activating group) is 1. The lowest BCUT2D eigenvalue weighted by Crippen LogP contribution is -2.55. The van der Waals surface area contributed by atoms with Crippen molar-refractivity contribution in [3.63, 3.8) is 0 Å². The molecule has 0 heterocycles. The quantitative estimate of drug-likeness (QED) is 0.0373. The van der Waals surface area contributed by atoms with Crippen LogP contribution in [-0.4, -0.2) is 75.5 Å². The number of ether oxygens (including phenoxy) is 3. The second-order valence-electron chi connectivity index (χ2n) is 12.7. The van der Waals surface area contributed by atoms with E-state index in [0.717, 1.165) is 51.4 Å². The summed E-state index contributed by atoms with van der Waals surface area (Å²) in [4.78, 5) is 36.4. The minimum absolute atomic E-state index is 0.0302. The molecule has 0 bridgehead atoms. The number of allylic oxidation sites excluding steroid dienone is 4. The largest absolute Gasteiger partial charge is 0.544 e. The Kier molecular flexibility index (Phi) is 26.9. The number of unbranched alkanes of at least 4 members (excludes halogenated alkanes) is 12. The fraction of sp³-hybridized carbons (Fsp3) is 0.806. The predicted octanol–water partition coefficient (Wildman–Crippen LogP) is 6.85. The van der Waals surface area contributed by atoms with Crippen LogP contribution in [0.5, 0.6) is 0 Å². The van der Waals surface area contributed by atoms with Crippen molar-refractivity contribution in [3.8, 4) is 0 Å². The average molecular weight is 624 g/mol. The zero-order valence-electron chi connectivity index (χ0n) is 28.8. The van der Waals surface area contributed by atoms with Gasteiger partial charge in [0.15, 0.2) is 6.10 Å². The van der Waals surface area contributed by atoms with Crippen LogP contribution in [-0.2, 0) is 28.6 Å². The molecule has 0 aromatic heterocycles. The molecule has 0 rings (SSSR count). The van der Waals surface area contributed by atoms with Gasteiger partial charge in [-0.15, -0.1) is 0 Å². The Hall–Kier alpha value is -2.19. The van der Waals surface area contributed by atoms with Gasteiger partial charge in [-0.2, -0.15) is 0 Å². The summed E-state index contributed by atoms with van der Waals surface area (Å²) in [5.74, 6) is -1.80. The number of nitrogens with zero attached hydrogens (tertiary/aromatic N) is 1. The van der Waals surface area contributed by atoms with E-state index in [1.807, 2.05) is 0 Å². The van der Waals surface area contributed by atoms with Crippen LogP contribution in [0.15, 0.2) is 24.3 Å². The van der Waals surface area contributed by atoms with Crippen LogP contribution in [0, 0.1) is 0 Å². The summed E-state index contributed by atoms with van der Waals surface area (Å²) < 4.78 is 17.0. The van der Waals surface area contributed by atoms with Crippen molar-refractivity contribution in [2.24, 2.45) is 0 Å². The maximum absolute atomic E-state index is 12.6. The van der Waals surface area contributed by atoms with Crippen LogP contribution < -0.4 is 5.11 Å². The number of quaternary nitrogens is 1. The molecule has 8 heteroatoms. The van der Waals surface area contributed by atoms with Crippen LogP contribution in [0.25, 0.3) is 0 Å². The van der Waals surface area contributed by atoms with Crippen LogP contribution in [0.3, 0.4) is 0 Å². The van der Waals surface area contributed by atoms with Crippen molar-refractivity contribution >= 4 is 17.9 Å². The number of aliphatic carboxylic acids is 1. The second-order valence-corrected chi connectivity index (χ2v) is 12.7. The van der Waals surface area contributed by atoms with Crippen LogP contribution in [0.1, 0.15) is 136 Å². The lowest BCUT2D eigenvalue weighted by Gasteiger charge is -2.34. The molecule has 0 spiro atoms. The highest BCUT2D eigenvalue weighted by Crippen LogP contribution is 2.12. The molecule has 8 nitrogen and oxygen atoms in total. The lowest BCUT2D eigenvalue weighted by atomic mass is 10.1. The molecular weight excluding hydrogens is 558 g/mol. The topological polar surface area (TPSA) is 102 Å². The van der Waals surface area contributed by atoms with Gasteiger partial charge in [0.25, 0.3) is 0 Å². The molecule has 0 saturated heterocycles. The Labute approximate surface area is 269 Å². The highest BCUT2D eigenvalue weighted by molar-refractivity contribution is 5.70. The van der Waals surface area contributed by atoms with Crippen molar-refractivity contribution in [1.82, 2.24) is 0 Å². The second kappa shape index (κ2) is 28.3. The minimum atomic E-state index is -1.13. The molecule has 0 N–H and O–H groups in total. The summed E-state index contributed by atoms with van der Waals surface area (Å²) in [6.07, 6.45) is 26.4. The average Bonchev–Trinajstić information content (AvgIpc) is 2.96. The molecule has 0 aliphatic rings. The molecule has 0 aliphatic carbocycles. The fourth-order valence-electron chi connectivity index (χ4n) is 4.76. The van der Waals surface area contributed by atoms with Gasteiger partial charge in [-0.25, -0.2) is 0 Å². The first-order chi connectivity index (χ1) is 21.1. The van der Waals surface area contributed by atoms with Gasteiger partial charge in [0.1, 0.15) is 12.6 Å². The van der Waals surface area contributed by atoms with Gasteiger partial charge in [-0.1, -0.05) is 89.5 Å². The zero-order valence-corrected chi connectivity index (χ0v) is 28.8. The number of hydrogen-bond donors (Lipinski definition) is 0. The zero-order chi connectivity index (χ0) is 32.9. The van der Waals surface area contributed by atoms with Gasteiger partial charge in [-0.05, 0) is 51.4 Å². The van der Waals surface area contributed by atoms with Gasteiger partial charge in [-0.3, -0.25) is 9.59 Å². The van der Waals surface area contributed by atoms with Crippen LogP contribution in [0.4, 0.5) is 0 Å². The van der Waals surface area contributed by atoms with E-state index < -0.39 is 18.1 Å². The van der Waals surface area contributed by atoms with E-state index in [1.54, 1.807) is 21.1 Å². The van der Waals surface area contributed by atoms with E-state index in [4.69, 9.17) is 14.2 Å². The summed E-state index contributed by atoms with van der Waals surface area (Å²) >= 11 is 0. The van der Waals surface area contributed by atoms with Crippen LogP contribution >= 0.6 is 0 Å². The van der Waals surface area contributed by atoms with Crippen molar-refractivity contribution in [2.45, 2.75) is 148 Å². The molecule has 0 amide bonds. The number of esters is 2. The minimum Gasteiger partial charge on any atom is -0.544 e. The first kappa shape index (κ1) is 41.8. The van der Waals surface area contributed by atoms with Crippen LogP contribution in [0.2, 0.25) is 0 Å². The summed E-state index contributed by atoms with van der Waals surface area (Å²) in [7, 11) is 5.37. The summed E-state index contributed by atoms with van der Waals surface area (Å²) in [6.45, 7) is 4.52. The summed E-state index contributed by atoms with van der Waals surface area (Å²) in [5.41, 5.74) is 0. The molecule has 44 heavy (non-hydrogen) atoms. The van der Waals surface area contributed by atoms with E-state index in [1.165, 1.54) is 44.9 Å². The Morgan fingerprint density at radius 3 is 1.77 bits per heavy atom. The van der Waals surface area contributed by atoms with Gasteiger partial charge in [0.2, 0.25) is 0 Å². The number of carboxylic acids is 1. The number of carboxylic acid groups (broad SMARTS) is 1. The molecule has 0 saturated carbocycles. The molecule has 2 atom stereocenters. The first-order valence-electron chi connectivity index (χ1n) is 17.4. The highest BCUT2D eigenvalue weighted by atomic mass is 16.6. The number of carbonyl (C=O) groups is 3. The van der Waals surface area contributed by atoms with E-state index in [2.05, 4.69) is 38.2 Å². The molecule has 0 aromatic rings. The number of rotatable bonds is 30. The number of carbonyl (C=O) groups excluding carboxylic acids is 3. The maximum Gasteiger partial charge on any atom is 0.306 e. The van der Waals surface area contributed by atoms with Gasteiger partial charge in [0.05, 0.1) is 40.3 Å². The Morgan fingerprint density at radius 2 is 1.18 bits per heavy atom. The van der Waals surface area contributed by atoms with Gasteiger partial charge < -0.3 is 28.6 Å². The Balaban J connectivity index is 4.53. The normalized spacial score (nSPS) is 13.4. The molecule has 0 aliphatic heterocycles. The van der Waals surface area contributed by atoms with Gasteiger partial charge >= 0.3 is 11.9 Å². The van der Waals surface area contributed by atoms with Crippen molar-refractivity contribution in [1.29, 1.82) is 0 Å². The molecule has 0 radical (unpaired) electrons. The van der Waals surface area contributed by atoms with Crippen molar-refractivity contribution < 1.29 is 38.2 Å². The third-order valence-electron chi connectivity index (χ3n) is 7.56. The first-order valence-corrected chi connectivity index (χ1v) is 17.4. The fourth-order valence-corrected chi connectivity index (χ4v) is 4.76. The van der Waals surface area contributed by atoms with Gasteiger partial charge in [0, 0.05) is 19.3 Å². The highest BCUT2D eigenvalue weighted by Gasteiger charge is 2.25. The standard InChI is InChI=1S/C36H65NO7/c1-6-8-10-12-14-16-17-19-21-23-25-27-35(39)44-32(30-42-29-28-33(36(40)41)37(3,4)5)31-43-34(38)26-24-22-20-18-15-13-11-9-7-2/h12,14,18,20,32-33H,6-11,13,15-17,19,21-31H2,1-5H3/b14-12+,20-18+. The Morgan fingerprint density at radius 1 is 0.659 bits per heavy atom. The van der Waals surface area contributed by atoms with E-state index in [9.17, 15) is 19.5 Å². The number of hydrogen-bond acceptors (Lipinski definition) is 7. The predicted molar refractivity (Wildman–Crippen MR) is 176 cm³/mol. The maximum atomic E-state index is 12.6. The lowest BCUT2D eigenvalue weighted by molar-refractivity contribution is -0.889. The smallest absolute Gasteiger partial charge is 0.306 e. The molecule has 0 fully saturated rings. The third-order valence-corrected chi connectivity index (χ3v) is 7.56. The summed E-state index contributed by atoms with van der Waals surface area (Å²) in [6, 6.07) is -0.726. The van der Waals surface area contributed by atoms with Crippen molar-refractivity contribution in [2.75, 3.05) is 41.0 Å². The van der Waals surface area contributed by atoms with E-state index >= 15 is 0 Å². The van der Waals surface area contributed by atoms with E-state index in [-0.39, 0.29) is 42.7 Å². The molecule has 0 aromatic carbocycles.